The van der Waals surface area contributed by atoms with Gasteiger partial charge in [-0.2, -0.15) is 0 Å². The molecule has 0 spiro atoms. The lowest BCUT2D eigenvalue weighted by Gasteiger charge is -2.53. The predicted molar refractivity (Wildman–Crippen MR) is 122 cm³/mol. The fraction of sp³-hybridized carbons (Fsp3) is 0.741. The highest BCUT2D eigenvalue weighted by Crippen LogP contribution is 2.64. The standard InChI is InChI=1S/C27H38O5/c1-16(6-11-25(30)31-5)21-9-10-22-20-8-7-18-14-19(32-17(2)28)12-13-26(18,3)23(20)15-24(29)27(21,22)4/h8,15-16,18-19,21-22H,6-7,9-14H2,1-5H3/t16-,18+,19+,21-,22+,26-,27+/m0/s1. The Morgan fingerprint density at radius 3 is 2.66 bits per heavy atom. The maximum atomic E-state index is 13.7. The zero-order valence-corrected chi connectivity index (χ0v) is 20.2. The predicted octanol–water partition coefficient (Wildman–Crippen LogP) is 5.19. The van der Waals surface area contributed by atoms with E-state index in [1.165, 1.54) is 25.2 Å². The first kappa shape index (κ1) is 23.3. The summed E-state index contributed by atoms with van der Waals surface area (Å²) >= 11 is 0. The molecule has 0 bridgehead atoms. The van der Waals surface area contributed by atoms with Crippen molar-refractivity contribution in [2.45, 2.75) is 85.2 Å². The lowest BCUT2D eigenvalue weighted by atomic mass is 9.51. The van der Waals surface area contributed by atoms with Gasteiger partial charge in [0.25, 0.3) is 0 Å². The van der Waals surface area contributed by atoms with Crippen LogP contribution in [0.2, 0.25) is 0 Å². The van der Waals surface area contributed by atoms with Gasteiger partial charge in [0, 0.05) is 18.8 Å². The van der Waals surface area contributed by atoms with Crippen LogP contribution >= 0.6 is 0 Å². The van der Waals surface area contributed by atoms with Crippen LogP contribution in [0.1, 0.15) is 79.1 Å². The van der Waals surface area contributed by atoms with Crippen LogP contribution in [0.5, 0.6) is 0 Å². The normalized spacial score (nSPS) is 39.1. The molecule has 0 saturated heterocycles. The number of esters is 2. The summed E-state index contributed by atoms with van der Waals surface area (Å²) in [6, 6.07) is 0. The van der Waals surface area contributed by atoms with Gasteiger partial charge in [0.2, 0.25) is 0 Å². The molecule has 0 aromatic rings. The number of hydrogen-bond donors (Lipinski definition) is 0. The van der Waals surface area contributed by atoms with Crippen molar-refractivity contribution in [1.82, 2.24) is 0 Å². The summed E-state index contributed by atoms with van der Waals surface area (Å²) in [5, 5.41) is 0. The monoisotopic (exact) mass is 442 g/mol. The van der Waals surface area contributed by atoms with Crippen LogP contribution in [-0.2, 0) is 23.9 Å². The van der Waals surface area contributed by atoms with Gasteiger partial charge in [0.15, 0.2) is 5.78 Å². The first-order valence-electron chi connectivity index (χ1n) is 12.3. The molecular weight excluding hydrogens is 404 g/mol. The van der Waals surface area contributed by atoms with Gasteiger partial charge in [-0.25, -0.2) is 0 Å². The van der Waals surface area contributed by atoms with Crippen molar-refractivity contribution < 1.29 is 23.9 Å². The average molecular weight is 443 g/mol. The van der Waals surface area contributed by atoms with Crippen molar-refractivity contribution in [2.75, 3.05) is 7.11 Å². The largest absolute Gasteiger partial charge is 0.469 e. The lowest BCUT2D eigenvalue weighted by Crippen LogP contribution is -2.48. The van der Waals surface area contributed by atoms with Crippen LogP contribution in [0, 0.1) is 34.5 Å². The molecule has 5 heteroatoms. The Kier molecular flexibility index (Phi) is 6.15. The van der Waals surface area contributed by atoms with E-state index in [1.54, 1.807) is 0 Å². The zero-order valence-electron chi connectivity index (χ0n) is 20.2. The average Bonchev–Trinajstić information content (AvgIpc) is 3.11. The van der Waals surface area contributed by atoms with Crippen molar-refractivity contribution in [3.05, 3.63) is 23.3 Å². The number of fused-ring (bicyclic) bond motifs is 5. The summed E-state index contributed by atoms with van der Waals surface area (Å²) in [7, 11) is 1.43. The molecule has 0 amide bonds. The molecule has 2 fully saturated rings. The van der Waals surface area contributed by atoms with Gasteiger partial charge in [0.1, 0.15) is 6.10 Å². The van der Waals surface area contributed by atoms with E-state index < -0.39 is 0 Å². The maximum Gasteiger partial charge on any atom is 0.305 e. The van der Waals surface area contributed by atoms with Crippen molar-refractivity contribution in [3.8, 4) is 0 Å². The minimum absolute atomic E-state index is 0.00259. The van der Waals surface area contributed by atoms with Crippen LogP contribution < -0.4 is 0 Å². The van der Waals surface area contributed by atoms with Crippen molar-refractivity contribution >= 4 is 17.7 Å². The Bertz CT molecular complexity index is 869. The highest BCUT2D eigenvalue weighted by atomic mass is 16.5. The van der Waals surface area contributed by atoms with Crippen LogP contribution in [-0.4, -0.2) is 30.9 Å². The molecule has 0 radical (unpaired) electrons. The molecule has 176 valence electrons. The summed E-state index contributed by atoms with van der Waals surface area (Å²) in [4.78, 5) is 36.8. The Hall–Kier alpha value is -1.91. The van der Waals surface area contributed by atoms with E-state index in [9.17, 15) is 14.4 Å². The number of carbonyl (C=O) groups excluding carboxylic acids is 3. The molecule has 5 nitrogen and oxygen atoms in total. The molecule has 4 aliphatic rings. The fourth-order valence-corrected chi connectivity index (χ4v) is 7.55. The van der Waals surface area contributed by atoms with Crippen LogP contribution in [0.25, 0.3) is 0 Å². The molecule has 0 aliphatic heterocycles. The van der Waals surface area contributed by atoms with E-state index in [4.69, 9.17) is 9.47 Å². The molecule has 32 heavy (non-hydrogen) atoms. The van der Waals surface area contributed by atoms with Gasteiger partial charge in [-0.05, 0) is 91.3 Å². The number of hydrogen-bond acceptors (Lipinski definition) is 5. The molecule has 0 aromatic heterocycles. The SMILES string of the molecule is COC(=O)CC[C@H](C)[C@@H]1CC[C@@H]2C3=CC[C@@H]4C[C@H](OC(C)=O)CC[C@]4(C)C3=CC(=O)[C@@]21C. The summed E-state index contributed by atoms with van der Waals surface area (Å²) in [6.45, 7) is 8.17. The van der Waals surface area contributed by atoms with E-state index in [1.807, 2.05) is 6.08 Å². The van der Waals surface area contributed by atoms with E-state index in [-0.39, 0.29) is 46.5 Å². The first-order chi connectivity index (χ1) is 15.1. The van der Waals surface area contributed by atoms with Crippen LogP contribution in [0.3, 0.4) is 0 Å². The first-order valence-corrected chi connectivity index (χ1v) is 12.3. The minimum atomic E-state index is -0.386. The van der Waals surface area contributed by atoms with Gasteiger partial charge < -0.3 is 9.47 Å². The van der Waals surface area contributed by atoms with Crippen LogP contribution in [0.4, 0.5) is 0 Å². The molecule has 2 saturated carbocycles. The second-order valence-electron chi connectivity index (χ2n) is 11.0. The molecule has 0 N–H and O–H groups in total. The molecular formula is C27H38O5. The Morgan fingerprint density at radius 2 is 1.97 bits per heavy atom. The van der Waals surface area contributed by atoms with Gasteiger partial charge in [-0.15, -0.1) is 0 Å². The molecule has 4 aliphatic carbocycles. The number of methoxy groups -OCH3 is 1. The molecule has 4 rings (SSSR count). The van der Waals surface area contributed by atoms with Crippen molar-refractivity contribution in [3.63, 3.8) is 0 Å². The molecule has 0 aromatic carbocycles. The quantitative estimate of drug-likeness (QED) is 0.548. The number of ketones is 1. The second kappa shape index (κ2) is 8.46. The number of allylic oxidation sites excluding steroid dienone is 4. The highest BCUT2D eigenvalue weighted by molar-refractivity contribution is 5.99. The lowest BCUT2D eigenvalue weighted by molar-refractivity contribution is -0.150. The van der Waals surface area contributed by atoms with E-state index in [2.05, 4.69) is 26.8 Å². The Morgan fingerprint density at radius 1 is 1.22 bits per heavy atom. The highest BCUT2D eigenvalue weighted by Gasteiger charge is 2.59. The number of ether oxygens (including phenoxy) is 2. The zero-order chi connectivity index (χ0) is 23.3. The Balaban J connectivity index is 1.58. The van der Waals surface area contributed by atoms with Crippen molar-refractivity contribution in [1.29, 1.82) is 0 Å². The third-order valence-corrected chi connectivity index (χ3v) is 9.48. The summed E-state index contributed by atoms with van der Waals surface area (Å²) in [6.07, 6.45) is 11.3. The van der Waals surface area contributed by atoms with E-state index in [0.717, 1.165) is 44.9 Å². The Labute approximate surface area is 192 Å². The van der Waals surface area contributed by atoms with Crippen molar-refractivity contribution in [2.24, 2.45) is 34.5 Å². The third-order valence-electron chi connectivity index (χ3n) is 9.48. The second-order valence-corrected chi connectivity index (χ2v) is 11.0. The minimum Gasteiger partial charge on any atom is -0.469 e. The topological polar surface area (TPSA) is 69.7 Å². The fourth-order valence-electron chi connectivity index (χ4n) is 7.55. The van der Waals surface area contributed by atoms with Gasteiger partial charge in [-0.1, -0.05) is 26.8 Å². The number of rotatable bonds is 5. The smallest absolute Gasteiger partial charge is 0.305 e. The van der Waals surface area contributed by atoms with Gasteiger partial charge in [-0.3, -0.25) is 14.4 Å². The van der Waals surface area contributed by atoms with E-state index in [0.29, 0.717) is 18.3 Å². The van der Waals surface area contributed by atoms with Gasteiger partial charge >= 0.3 is 11.9 Å². The molecule has 7 atom stereocenters. The summed E-state index contributed by atoms with van der Waals surface area (Å²) < 4.78 is 10.4. The summed E-state index contributed by atoms with van der Waals surface area (Å²) in [5.41, 5.74) is 2.25. The number of carbonyl (C=O) groups is 3. The van der Waals surface area contributed by atoms with Crippen LogP contribution in [0.15, 0.2) is 23.3 Å². The van der Waals surface area contributed by atoms with E-state index >= 15 is 0 Å². The maximum absolute atomic E-state index is 13.7. The third kappa shape index (κ3) is 3.66. The molecule has 0 heterocycles. The van der Waals surface area contributed by atoms with Gasteiger partial charge in [0.05, 0.1) is 7.11 Å². The summed E-state index contributed by atoms with van der Waals surface area (Å²) in [5.74, 6) is 1.15. The molecule has 0 unspecified atom stereocenters.